The lowest BCUT2D eigenvalue weighted by Gasteiger charge is -2.05. The Balaban J connectivity index is 3.10. The summed E-state index contributed by atoms with van der Waals surface area (Å²) in [5.74, 6) is 0. The van der Waals surface area contributed by atoms with Gasteiger partial charge in [0.2, 0.25) is 0 Å². The van der Waals surface area contributed by atoms with Crippen LogP contribution in [0.15, 0.2) is 21.3 Å². The van der Waals surface area contributed by atoms with E-state index in [0.717, 1.165) is 9.21 Å². The molecule has 0 bridgehead atoms. The lowest BCUT2D eigenvalue weighted by molar-refractivity contribution is 0.560. The molecule has 0 aliphatic carbocycles. The first-order chi connectivity index (χ1) is 4.63. The maximum absolute atomic E-state index is 9.18. The van der Waals surface area contributed by atoms with Gasteiger partial charge in [0.25, 0.3) is 0 Å². The molecular weight excluding hydrogens is 261 g/mol. The molecule has 0 spiro atoms. The van der Waals surface area contributed by atoms with Crippen molar-refractivity contribution in [3.05, 3.63) is 21.3 Å². The minimum Gasteiger partial charge on any atom is -0.432 e. The van der Waals surface area contributed by atoms with E-state index in [2.05, 4.69) is 31.9 Å². The summed E-state index contributed by atoms with van der Waals surface area (Å²) in [5, 5.41) is 9.18. The second kappa shape index (κ2) is 3.11. The number of hydrogen-bond donors (Lipinski definition) is 1. The summed E-state index contributed by atoms with van der Waals surface area (Å²) in [7, 11) is -0.501. The molecule has 1 aromatic rings. The first-order valence-electron chi connectivity index (χ1n) is 2.83. The minimum atomic E-state index is -0.501. The first kappa shape index (κ1) is 8.36. The molecule has 10 heavy (non-hydrogen) atoms. The van der Waals surface area contributed by atoms with E-state index in [9.17, 15) is 5.02 Å². The molecule has 1 aromatic heterocycles. The monoisotopic (exact) mass is 265 g/mol. The van der Waals surface area contributed by atoms with Crippen LogP contribution in [-0.4, -0.2) is 16.6 Å². The summed E-state index contributed by atoms with van der Waals surface area (Å²) in [4.78, 5) is 0. The molecule has 0 aliphatic heterocycles. The molecule has 1 rings (SSSR count). The predicted molar refractivity (Wildman–Crippen MR) is 49.1 cm³/mol. The van der Waals surface area contributed by atoms with Gasteiger partial charge >= 0.3 is 7.05 Å². The summed E-state index contributed by atoms with van der Waals surface area (Å²) in [6, 6.07) is 3.74. The fourth-order valence-electron chi connectivity index (χ4n) is 0.757. The molecule has 0 atom stereocenters. The predicted octanol–water partition coefficient (Wildman–Crippen LogP) is 1.97. The molecule has 5 heteroatoms. The lowest BCUT2D eigenvalue weighted by Crippen LogP contribution is -2.19. The Kier molecular flexibility index (Phi) is 2.60. The van der Waals surface area contributed by atoms with E-state index in [1.807, 2.05) is 12.1 Å². The van der Waals surface area contributed by atoms with Gasteiger partial charge in [0, 0.05) is 0 Å². The highest BCUT2D eigenvalue weighted by molar-refractivity contribution is 9.11. The molecular formula is C5H6BBr2NO. The third kappa shape index (κ3) is 1.46. The summed E-state index contributed by atoms with van der Waals surface area (Å²) in [6.45, 7) is 1.70. The molecule has 0 saturated heterocycles. The van der Waals surface area contributed by atoms with Crippen LogP contribution in [0.1, 0.15) is 0 Å². The molecule has 0 saturated carbocycles. The molecule has 0 radical (unpaired) electrons. The summed E-state index contributed by atoms with van der Waals surface area (Å²) >= 11 is 6.58. The van der Waals surface area contributed by atoms with E-state index in [1.165, 1.54) is 0 Å². The zero-order valence-corrected chi connectivity index (χ0v) is 8.55. The average molecular weight is 267 g/mol. The summed E-state index contributed by atoms with van der Waals surface area (Å²) in [5.41, 5.74) is 0. The van der Waals surface area contributed by atoms with E-state index in [-0.39, 0.29) is 0 Å². The van der Waals surface area contributed by atoms with Crippen molar-refractivity contribution in [2.24, 2.45) is 0 Å². The van der Waals surface area contributed by atoms with E-state index in [4.69, 9.17) is 0 Å². The molecule has 54 valence electrons. The maximum Gasteiger partial charge on any atom is 0.415 e. The van der Waals surface area contributed by atoms with Crippen LogP contribution in [0, 0.1) is 0 Å². The summed E-state index contributed by atoms with van der Waals surface area (Å²) in [6.07, 6.45) is 0. The Bertz CT molecular complexity index is 216. The quantitative estimate of drug-likeness (QED) is 0.773. The molecule has 0 fully saturated rings. The number of rotatable bonds is 1. The fourth-order valence-corrected chi connectivity index (χ4v) is 2.23. The van der Waals surface area contributed by atoms with Crippen molar-refractivity contribution in [1.82, 2.24) is 4.48 Å². The Morgan fingerprint density at radius 2 is 1.80 bits per heavy atom. The topological polar surface area (TPSA) is 25.2 Å². The lowest BCUT2D eigenvalue weighted by atomic mass is 9.89. The van der Waals surface area contributed by atoms with Crippen molar-refractivity contribution >= 4 is 38.9 Å². The smallest absolute Gasteiger partial charge is 0.415 e. The highest BCUT2D eigenvalue weighted by Crippen LogP contribution is 2.19. The van der Waals surface area contributed by atoms with Gasteiger partial charge in [0.15, 0.2) is 0 Å². The van der Waals surface area contributed by atoms with Gasteiger partial charge in [-0.3, -0.25) is 0 Å². The first-order valence-corrected chi connectivity index (χ1v) is 4.42. The van der Waals surface area contributed by atoms with Crippen LogP contribution in [0.3, 0.4) is 0 Å². The van der Waals surface area contributed by atoms with Gasteiger partial charge in [-0.25, -0.2) is 0 Å². The minimum absolute atomic E-state index is 0.501. The van der Waals surface area contributed by atoms with Crippen LogP contribution < -0.4 is 0 Å². The zero-order chi connectivity index (χ0) is 7.72. The third-order valence-electron chi connectivity index (χ3n) is 1.19. The molecule has 0 aliphatic rings. The van der Waals surface area contributed by atoms with Crippen LogP contribution in [0.5, 0.6) is 0 Å². The van der Waals surface area contributed by atoms with Crippen LogP contribution in [0.2, 0.25) is 6.82 Å². The third-order valence-corrected chi connectivity index (χ3v) is 2.49. The molecule has 2 nitrogen and oxygen atoms in total. The Hall–Kier alpha value is 0.265. The van der Waals surface area contributed by atoms with Crippen LogP contribution in [-0.2, 0) is 0 Å². The van der Waals surface area contributed by atoms with Crippen molar-refractivity contribution in [3.8, 4) is 0 Å². The zero-order valence-electron chi connectivity index (χ0n) is 5.38. The van der Waals surface area contributed by atoms with Gasteiger partial charge in [0.05, 0.1) is 9.21 Å². The Morgan fingerprint density at radius 3 is 2.00 bits per heavy atom. The Morgan fingerprint density at radius 1 is 1.40 bits per heavy atom. The SMILES string of the molecule is CB(O)n1c(Br)ccc1Br. The molecule has 1 N–H and O–H groups in total. The standard InChI is InChI=1S/C5H6BBr2NO/c1-6(10)9-4(7)2-3-5(9)8/h2-3,10H,1H3. The second-order valence-corrected chi connectivity index (χ2v) is 3.61. The summed E-state index contributed by atoms with van der Waals surface area (Å²) < 4.78 is 3.46. The van der Waals surface area contributed by atoms with Gasteiger partial charge in [-0.15, -0.1) is 0 Å². The Labute approximate surface area is 76.6 Å². The molecule has 0 unspecified atom stereocenters. The highest BCUT2D eigenvalue weighted by atomic mass is 79.9. The second-order valence-electron chi connectivity index (χ2n) is 1.98. The van der Waals surface area contributed by atoms with Gasteiger partial charge in [-0.1, -0.05) is 0 Å². The average Bonchev–Trinajstić information content (AvgIpc) is 2.11. The normalized spacial score (nSPS) is 10.0. The highest BCUT2D eigenvalue weighted by Gasteiger charge is 2.11. The number of hydrogen-bond acceptors (Lipinski definition) is 1. The van der Waals surface area contributed by atoms with Crippen molar-refractivity contribution < 1.29 is 5.02 Å². The fraction of sp³-hybridized carbons (Fsp3) is 0.200. The van der Waals surface area contributed by atoms with Crippen molar-refractivity contribution in [2.45, 2.75) is 6.82 Å². The van der Waals surface area contributed by atoms with E-state index < -0.39 is 7.05 Å². The molecule has 0 aromatic carbocycles. The van der Waals surface area contributed by atoms with Gasteiger partial charge in [0.1, 0.15) is 0 Å². The largest absolute Gasteiger partial charge is 0.432 e. The van der Waals surface area contributed by atoms with E-state index in [1.54, 1.807) is 11.3 Å². The number of nitrogens with zero attached hydrogens (tertiary/aromatic N) is 1. The van der Waals surface area contributed by atoms with E-state index in [0.29, 0.717) is 0 Å². The van der Waals surface area contributed by atoms with Crippen LogP contribution in [0.4, 0.5) is 0 Å². The molecule has 0 amide bonds. The van der Waals surface area contributed by atoms with Gasteiger partial charge < -0.3 is 9.50 Å². The molecule has 1 heterocycles. The van der Waals surface area contributed by atoms with Crippen molar-refractivity contribution in [3.63, 3.8) is 0 Å². The van der Waals surface area contributed by atoms with Crippen molar-refractivity contribution in [1.29, 1.82) is 0 Å². The van der Waals surface area contributed by atoms with Crippen LogP contribution >= 0.6 is 31.9 Å². The number of halogens is 2. The van der Waals surface area contributed by atoms with E-state index >= 15 is 0 Å². The van der Waals surface area contributed by atoms with Crippen LogP contribution in [0.25, 0.3) is 0 Å². The number of aromatic nitrogens is 1. The van der Waals surface area contributed by atoms with Gasteiger partial charge in [-0.2, -0.15) is 0 Å². The van der Waals surface area contributed by atoms with Crippen molar-refractivity contribution in [2.75, 3.05) is 0 Å². The van der Waals surface area contributed by atoms with Gasteiger partial charge in [-0.05, 0) is 50.8 Å². The maximum atomic E-state index is 9.18.